The van der Waals surface area contributed by atoms with Crippen LogP contribution in [0.1, 0.15) is 6.42 Å². The van der Waals surface area contributed by atoms with Crippen LogP contribution in [0.2, 0.25) is 0 Å². The molecule has 2 aromatic rings. The Labute approximate surface area is 120 Å². The fourth-order valence-electron chi connectivity index (χ4n) is 1.63. The van der Waals surface area contributed by atoms with Gasteiger partial charge in [-0.3, -0.25) is 0 Å². The van der Waals surface area contributed by atoms with Gasteiger partial charge in [0.1, 0.15) is 0 Å². The number of nitriles is 1. The lowest BCUT2D eigenvalue weighted by molar-refractivity contribution is 0.859. The van der Waals surface area contributed by atoms with E-state index in [0.29, 0.717) is 18.9 Å². The van der Waals surface area contributed by atoms with Crippen molar-refractivity contribution in [3.8, 4) is 17.2 Å². The zero-order chi connectivity index (χ0) is 13.7. The molecule has 0 aliphatic heterocycles. The predicted octanol–water partition coefficient (Wildman–Crippen LogP) is 3.26. The number of benzene rings is 1. The van der Waals surface area contributed by atoms with E-state index in [2.05, 4.69) is 32.0 Å². The lowest BCUT2D eigenvalue weighted by Gasteiger charge is -2.14. The Kier molecular flexibility index (Phi) is 4.48. The highest BCUT2D eigenvalue weighted by Crippen LogP contribution is 2.21. The molecule has 0 fully saturated rings. The number of halogens is 1. The summed E-state index contributed by atoms with van der Waals surface area (Å²) < 4.78 is 1.05. The van der Waals surface area contributed by atoms with Crippen molar-refractivity contribution in [2.24, 2.45) is 0 Å². The largest absolute Gasteiger partial charge is 0.343 e. The summed E-state index contributed by atoms with van der Waals surface area (Å²) in [5.41, 5.74) is 2.05. The fourth-order valence-corrected chi connectivity index (χ4v) is 1.89. The van der Waals surface area contributed by atoms with Crippen LogP contribution in [0.5, 0.6) is 0 Å². The summed E-state index contributed by atoms with van der Waals surface area (Å²) in [6.45, 7) is 0.633. The van der Waals surface area contributed by atoms with Gasteiger partial charge in [-0.25, -0.2) is 9.97 Å². The summed E-state index contributed by atoms with van der Waals surface area (Å²) in [5.74, 6) is 0.635. The third-order valence-corrected chi connectivity index (χ3v) is 3.24. The van der Waals surface area contributed by atoms with E-state index < -0.39 is 0 Å². The van der Waals surface area contributed by atoms with E-state index in [9.17, 15) is 0 Å². The Morgan fingerprint density at radius 2 is 1.79 bits per heavy atom. The average Bonchev–Trinajstić information content (AvgIpc) is 2.46. The highest BCUT2D eigenvalue weighted by Gasteiger charge is 2.04. The smallest absolute Gasteiger partial charge is 0.225 e. The number of hydrogen-bond acceptors (Lipinski definition) is 4. The second-order valence-electron chi connectivity index (χ2n) is 4.11. The molecule has 0 saturated carbocycles. The Hall–Kier alpha value is -1.93. The molecule has 1 aromatic heterocycles. The summed E-state index contributed by atoms with van der Waals surface area (Å²) in [6, 6.07) is 10.1. The van der Waals surface area contributed by atoms with Crippen molar-refractivity contribution in [1.82, 2.24) is 9.97 Å². The van der Waals surface area contributed by atoms with Gasteiger partial charge in [0.15, 0.2) is 0 Å². The maximum absolute atomic E-state index is 8.56. The summed E-state index contributed by atoms with van der Waals surface area (Å²) in [7, 11) is 1.88. The van der Waals surface area contributed by atoms with Crippen LogP contribution in [0.4, 0.5) is 5.95 Å². The van der Waals surface area contributed by atoms with Crippen LogP contribution in [0.25, 0.3) is 11.1 Å². The van der Waals surface area contributed by atoms with E-state index in [1.54, 1.807) is 12.4 Å². The fraction of sp³-hybridized carbons (Fsp3) is 0.214. The minimum absolute atomic E-state index is 0.467. The lowest BCUT2D eigenvalue weighted by atomic mass is 10.1. The van der Waals surface area contributed by atoms with Gasteiger partial charge in [-0.15, -0.1) is 0 Å². The number of rotatable bonds is 4. The van der Waals surface area contributed by atoms with Gasteiger partial charge >= 0.3 is 0 Å². The molecule has 0 saturated heterocycles. The van der Waals surface area contributed by atoms with E-state index >= 15 is 0 Å². The van der Waals surface area contributed by atoms with E-state index in [0.717, 1.165) is 15.6 Å². The van der Waals surface area contributed by atoms with Gasteiger partial charge in [-0.1, -0.05) is 28.1 Å². The van der Waals surface area contributed by atoms with E-state index in [4.69, 9.17) is 5.26 Å². The molecule has 0 radical (unpaired) electrons. The third-order valence-electron chi connectivity index (χ3n) is 2.72. The van der Waals surface area contributed by atoms with Crippen molar-refractivity contribution in [3.05, 3.63) is 41.1 Å². The molecular formula is C14H13BrN4. The first-order valence-electron chi connectivity index (χ1n) is 5.87. The van der Waals surface area contributed by atoms with Gasteiger partial charge in [0, 0.05) is 36.0 Å². The van der Waals surface area contributed by atoms with Crippen molar-refractivity contribution < 1.29 is 0 Å². The summed E-state index contributed by atoms with van der Waals surface area (Å²) in [5, 5.41) is 8.56. The van der Waals surface area contributed by atoms with Gasteiger partial charge in [-0.05, 0) is 17.7 Å². The van der Waals surface area contributed by atoms with Crippen LogP contribution in [-0.2, 0) is 0 Å². The zero-order valence-corrected chi connectivity index (χ0v) is 12.1. The van der Waals surface area contributed by atoms with E-state index in [1.807, 2.05) is 36.2 Å². The van der Waals surface area contributed by atoms with Crippen molar-refractivity contribution >= 4 is 21.9 Å². The topological polar surface area (TPSA) is 52.8 Å². The van der Waals surface area contributed by atoms with Gasteiger partial charge in [0.05, 0.1) is 12.5 Å². The molecule has 0 unspecified atom stereocenters. The Bertz CT molecular complexity index is 572. The molecule has 2 rings (SSSR count). The first kappa shape index (κ1) is 13.5. The normalized spacial score (nSPS) is 9.95. The number of nitrogens with zero attached hydrogens (tertiary/aromatic N) is 4. The van der Waals surface area contributed by atoms with Crippen LogP contribution < -0.4 is 4.90 Å². The molecule has 19 heavy (non-hydrogen) atoms. The van der Waals surface area contributed by atoms with Crippen LogP contribution in [0.3, 0.4) is 0 Å². The molecule has 5 heteroatoms. The second kappa shape index (κ2) is 6.30. The van der Waals surface area contributed by atoms with Crippen molar-refractivity contribution in [3.63, 3.8) is 0 Å². The first-order valence-corrected chi connectivity index (χ1v) is 6.66. The SMILES string of the molecule is CN(CCC#N)c1ncc(-c2ccc(Br)cc2)cn1. The van der Waals surface area contributed by atoms with Crippen molar-refractivity contribution in [1.29, 1.82) is 5.26 Å². The first-order chi connectivity index (χ1) is 9.20. The van der Waals surface area contributed by atoms with Crippen LogP contribution in [0.15, 0.2) is 41.1 Å². The molecular weight excluding hydrogens is 304 g/mol. The number of hydrogen-bond donors (Lipinski definition) is 0. The minimum atomic E-state index is 0.467. The molecule has 0 amide bonds. The highest BCUT2D eigenvalue weighted by molar-refractivity contribution is 9.10. The molecule has 0 N–H and O–H groups in total. The summed E-state index contributed by atoms with van der Waals surface area (Å²) in [4.78, 5) is 10.5. The molecule has 0 aliphatic rings. The monoisotopic (exact) mass is 316 g/mol. The van der Waals surface area contributed by atoms with E-state index in [1.165, 1.54) is 0 Å². The van der Waals surface area contributed by atoms with Gasteiger partial charge < -0.3 is 4.90 Å². The van der Waals surface area contributed by atoms with E-state index in [-0.39, 0.29) is 0 Å². The molecule has 0 spiro atoms. The van der Waals surface area contributed by atoms with Gasteiger partial charge in [0.2, 0.25) is 5.95 Å². The third kappa shape index (κ3) is 3.52. The molecule has 0 bridgehead atoms. The van der Waals surface area contributed by atoms with Crippen LogP contribution >= 0.6 is 15.9 Å². The lowest BCUT2D eigenvalue weighted by Crippen LogP contribution is -2.20. The second-order valence-corrected chi connectivity index (χ2v) is 5.02. The van der Waals surface area contributed by atoms with Crippen LogP contribution in [-0.4, -0.2) is 23.6 Å². The molecule has 0 aliphatic carbocycles. The Morgan fingerprint density at radius 1 is 1.16 bits per heavy atom. The van der Waals surface area contributed by atoms with Crippen LogP contribution in [0, 0.1) is 11.3 Å². The summed E-state index contributed by atoms with van der Waals surface area (Å²) in [6.07, 6.45) is 4.07. The quantitative estimate of drug-likeness (QED) is 0.868. The van der Waals surface area contributed by atoms with Gasteiger partial charge in [0.25, 0.3) is 0 Å². The maximum Gasteiger partial charge on any atom is 0.225 e. The Morgan fingerprint density at radius 3 is 2.37 bits per heavy atom. The number of aromatic nitrogens is 2. The van der Waals surface area contributed by atoms with Crippen molar-refractivity contribution in [2.45, 2.75) is 6.42 Å². The Balaban J connectivity index is 2.14. The molecule has 1 heterocycles. The van der Waals surface area contributed by atoms with Gasteiger partial charge in [-0.2, -0.15) is 5.26 Å². The average molecular weight is 317 g/mol. The van der Waals surface area contributed by atoms with Crippen molar-refractivity contribution in [2.75, 3.05) is 18.5 Å². The minimum Gasteiger partial charge on any atom is -0.343 e. The molecule has 96 valence electrons. The maximum atomic E-state index is 8.56. The standard InChI is InChI=1S/C14H13BrN4/c1-19(8-2-7-16)14-17-9-12(10-18-14)11-3-5-13(15)6-4-11/h3-6,9-10H,2,8H2,1H3. The predicted molar refractivity (Wildman–Crippen MR) is 78.7 cm³/mol. The molecule has 0 atom stereocenters. The molecule has 1 aromatic carbocycles. The summed E-state index contributed by atoms with van der Waals surface area (Å²) >= 11 is 3.41. The highest BCUT2D eigenvalue weighted by atomic mass is 79.9. The number of anilines is 1. The molecule has 4 nitrogen and oxygen atoms in total. The zero-order valence-electron chi connectivity index (χ0n) is 10.5.